The Morgan fingerprint density at radius 1 is 1.42 bits per heavy atom. The molecule has 3 heterocycles. The van der Waals surface area contributed by atoms with Gasteiger partial charge in [0.15, 0.2) is 5.82 Å². The lowest BCUT2D eigenvalue weighted by Crippen LogP contribution is -2.34. The van der Waals surface area contributed by atoms with Gasteiger partial charge in [-0.25, -0.2) is 4.98 Å². The molecule has 2 aromatic heterocycles. The van der Waals surface area contributed by atoms with Crippen molar-refractivity contribution in [1.29, 1.82) is 0 Å². The molecule has 2 N–H and O–H groups in total. The van der Waals surface area contributed by atoms with Gasteiger partial charge in [0.2, 0.25) is 0 Å². The standard InChI is InChI=1S/C17H20ClN5O3/c1-2-26-15(24)10-23-14(18)9-21-16(17(23)25)22-13-8-19-7-11(13)12-5-3-4-6-20-12/h3-6,9,11,13,19H,2,7-8,10H2,1H3,(H,21,22)/t11-,13+/m1/s1. The fourth-order valence-electron chi connectivity index (χ4n) is 2.96. The van der Waals surface area contributed by atoms with Crippen molar-refractivity contribution >= 4 is 23.4 Å². The molecule has 1 fully saturated rings. The highest BCUT2D eigenvalue weighted by molar-refractivity contribution is 6.29. The molecule has 26 heavy (non-hydrogen) atoms. The highest BCUT2D eigenvalue weighted by Gasteiger charge is 2.30. The average Bonchev–Trinajstić information content (AvgIpc) is 3.10. The van der Waals surface area contributed by atoms with E-state index in [9.17, 15) is 9.59 Å². The van der Waals surface area contributed by atoms with Crippen molar-refractivity contribution in [2.45, 2.75) is 25.4 Å². The van der Waals surface area contributed by atoms with Crippen LogP contribution in [-0.4, -0.2) is 46.2 Å². The van der Waals surface area contributed by atoms with E-state index >= 15 is 0 Å². The molecule has 0 radical (unpaired) electrons. The molecule has 0 unspecified atom stereocenters. The van der Waals surface area contributed by atoms with E-state index in [2.05, 4.69) is 20.6 Å². The molecule has 2 atom stereocenters. The fourth-order valence-corrected chi connectivity index (χ4v) is 3.15. The van der Waals surface area contributed by atoms with Gasteiger partial charge in [0.25, 0.3) is 5.56 Å². The molecular formula is C17H20ClN5O3. The predicted molar refractivity (Wildman–Crippen MR) is 97.4 cm³/mol. The molecule has 1 saturated heterocycles. The van der Waals surface area contributed by atoms with Crippen molar-refractivity contribution in [2.24, 2.45) is 0 Å². The van der Waals surface area contributed by atoms with Gasteiger partial charge in [-0.3, -0.25) is 19.1 Å². The molecule has 0 bridgehead atoms. The van der Waals surface area contributed by atoms with Gasteiger partial charge >= 0.3 is 5.97 Å². The number of aromatic nitrogens is 3. The topological polar surface area (TPSA) is 98.1 Å². The van der Waals surface area contributed by atoms with Crippen molar-refractivity contribution in [3.8, 4) is 0 Å². The van der Waals surface area contributed by atoms with Gasteiger partial charge in [-0.15, -0.1) is 0 Å². The van der Waals surface area contributed by atoms with E-state index in [-0.39, 0.29) is 36.1 Å². The van der Waals surface area contributed by atoms with Crippen LogP contribution in [0, 0.1) is 0 Å². The minimum atomic E-state index is -0.525. The number of pyridine rings is 1. The van der Waals surface area contributed by atoms with Crippen LogP contribution in [0.15, 0.2) is 35.4 Å². The summed E-state index contributed by atoms with van der Waals surface area (Å²) in [6, 6.07) is 5.70. The highest BCUT2D eigenvalue weighted by atomic mass is 35.5. The minimum absolute atomic E-state index is 0.0534. The van der Waals surface area contributed by atoms with Crippen molar-refractivity contribution in [3.63, 3.8) is 0 Å². The number of hydrogen-bond donors (Lipinski definition) is 2. The van der Waals surface area contributed by atoms with Crippen LogP contribution in [0.5, 0.6) is 0 Å². The molecular weight excluding hydrogens is 358 g/mol. The number of ether oxygens (including phenoxy) is 1. The van der Waals surface area contributed by atoms with Crippen molar-refractivity contribution in [3.05, 3.63) is 51.8 Å². The highest BCUT2D eigenvalue weighted by Crippen LogP contribution is 2.23. The molecule has 0 amide bonds. The smallest absolute Gasteiger partial charge is 0.326 e. The molecule has 9 heteroatoms. The Morgan fingerprint density at radius 3 is 3.00 bits per heavy atom. The van der Waals surface area contributed by atoms with E-state index in [4.69, 9.17) is 16.3 Å². The van der Waals surface area contributed by atoms with Crippen LogP contribution in [0.3, 0.4) is 0 Å². The van der Waals surface area contributed by atoms with E-state index < -0.39 is 11.5 Å². The summed E-state index contributed by atoms with van der Waals surface area (Å²) in [6.07, 6.45) is 3.10. The Labute approximate surface area is 155 Å². The number of esters is 1. The van der Waals surface area contributed by atoms with Crippen molar-refractivity contribution < 1.29 is 9.53 Å². The van der Waals surface area contributed by atoms with E-state index in [0.29, 0.717) is 6.54 Å². The second-order valence-corrected chi connectivity index (χ2v) is 6.28. The SMILES string of the molecule is CCOC(=O)Cn1c(Cl)cnc(N[C@H]2CNC[C@@H]2c2ccccn2)c1=O. The Morgan fingerprint density at radius 2 is 2.27 bits per heavy atom. The van der Waals surface area contributed by atoms with Gasteiger partial charge in [0.05, 0.1) is 12.8 Å². The van der Waals surface area contributed by atoms with Crippen LogP contribution in [0.1, 0.15) is 18.5 Å². The van der Waals surface area contributed by atoms with Crippen LogP contribution in [0.25, 0.3) is 0 Å². The van der Waals surface area contributed by atoms with Crippen LogP contribution in [0.4, 0.5) is 5.82 Å². The van der Waals surface area contributed by atoms with E-state index in [0.717, 1.165) is 16.8 Å². The summed E-state index contributed by atoms with van der Waals surface area (Å²) in [7, 11) is 0. The van der Waals surface area contributed by atoms with Gasteiger partial charge < -0.3 is 15.4 Å². The lowest BCUT2D eigenvalue weighted by Gasteiger charge is -2.20. The third kappa shape index (κ3) is 4.03. The first-order chi connectivity index (χ1) is 12.6. The number of carbonyl (C=O) groups is 1. The maximum Gasteiger partial charge on any atom is 0.326 e. The van der Waals surface area contributed by atoms with E-state index in [1.807, 2.05) is 18.2 Å². The first-order valence-corrected chi connectivity index (χ1v) is 8.77. The molecule has 0 saturated carbocycles. The van der Waals surface area contributed by atoms with Crippen molar-refractivity contribution in [1.82, 2.24) is 19.9 Å². The third-order valence-corrected chi connectivity index (χ3v) is 4.50. The number of hydrogen-bond acceptors (Lipinski definition) is 7. The summed E-state index contributed by atoms with van der Waals surface area (Å²) in [4.78, 5) is 32.9. The summed E-state index contributed by atoms with van der Waals surface area (Å²) >= 11 is 6.03. The van der Waals surface area contributed by atoms with Gasteiger partial charge in [0.1, 0.15) is 11.7 Å². The summed E-state index contributed by atoms with van der Waals surface area (Å²) in [5.41, 5.74) is 0.480. The Bertz CT molecular complexity index is 827. The molecule has 0 spiro atoms. The zero-order chi connectivity index (χ0) is 18.5. The van der Waals surface area contributed by atoms with Crippen LogP contribution >= 0.6 is 11.6 Å². The number of nitrogens with one attached hydrogen (secondary N) is 2. The second kappa shape index (κ2) is 8.29. The van der Waals surface area contributed by atoms with Gasteiger partial charge in [-0.2, -0.15) is 0 Å². The maximum atomic E-state index is 12.7. The van der Waals surface area contributed by atoms with Crippen LogP contribution in [-0.2, 0) is 16.1 Å². The third-order valence-electron chi connectivity index (χ3n) is 4.20. The molecule has 0 aromatic carbocycles. The zero-order valence-corrected chi connectivity index (χ0v) is 15.1. The summed E-state index contributed by atoms with van der Waals surface area (Å²) in [6.45, 7) is 3.10. The van der Waals surface area contributed by atoms with Gasteiger partial charge in [0, 0.05) is 36.9 Å². The Hall–Kier alpha value is -2.45. The van der Waals surface area contributed by atoms with Crippen LogP contribution < -0.4 is 16.2 Å². The Balaban J connectivity index is 1.81. The molecule has 8 nitrogen and oxygen atoms in total. The largest absolute Gasteiger partial charge is 0.465 e. The molecule has 0 aliphatic carbocycles. The van der Waals surface area contributed by atoms with E-state index in [1.165, 1.54) is 6.20 Å². The quantitative estimate of drug-likeness (QED) is 0.725. The van der Waals surface area contributed by atoms with Gasteiger partial charge in [-0.1, -0.05) is 17.7 Å². The first kappa shape index (κ1) is 18.3. The molecule has 138 valence electrons. The average molecular weight is 378 g/mol. The zero-order valence-electron chi connectivity index (χ0n) is 14.3. The molecule has 3 rings (SSSR count). The predicted octanol–water partition coefficient (Wildman–Crippen LogP) is 1.02. The summed E-state index contributed by atoms with van der Waals surface area (Å²) in [5.74, 6) is -0.276. The minimum Gasteiger partial charge on any atom is -0.465 e. The number of anilines is 1. The normalized spacial score (nSPS) is 19.3. The number of nitrogens with zero attached hydrogens (tertiary/aromatic N) is 3. The monoisotopic (exact) mass is 377 g/mol. The first-order valence-electron chi connectivity index (χ1n) is 8.39. The number of rotatable bonds is 6. The molecule has 1 aliphatic heterocycles. The maximum absolute atomic E-state index is 12.7. The number of carbonyl (C=O) groups excluding carboxylic acids is 1. The Kier molecular flexibility index (Phi) is 5.85. The van der Waals surface area contributed by atoms with Gasteiger partial charge in [-0.05, 0) is 19.1 Å². The van der Waals surface area contributed by atoms with E-state index in [1.54, 1.807) is 13.1 Å². The second-order valence-electron chi connectivity index (χ2n) is 5.90. The lowest BCUT2D eigenvalue weighted by atomic mass is 9.99. The lowest BCUT2D eigenvalue weighted by molar-refractivity contribution is -0.143. The molecule has 2 aromatic rings. The summed E-state index contributed by atoms with van der Waals surface area (Å²) in [5, 5.41) is 6.55. The fraction of sp³-hybridized carbons (Fsp3) is 0.412. The number of halogens is 1. The van der Waals surface area contributed by atoms with Crippen molar-refractivity contribution in [2.75, 3.05) is 25.0 Å². The molecule has 1 aliphatic rings. The summed E-state index contributed by atoms with van der Waals surface area (Å²) < 4.78 is 6.03. The van der Waals surface area contributed by atoms with Crippen LogP contribution in [0.2, 0.25) is 5.15 Å².